The summed E-state index contributed by atoms with van der Waals surface area (Å²) >= 11 is 0. The standard InChI is InChI=1S/C12H19FO/c1-4-9(2)6-12(8-14)7-11(13)5-10(12)3/h6,11,14H,3-5,7-8H2,1-2H3/b9-6-/t11?,12-/m0/s1. The fourth-order valence-electron chi connectivity index (χ4n) is 2.04. The van der Waals surface area contributed by atoms with Crippen LogP contribution in [0.5, 0.6) is 0 Å². The van der Waals surface area contributed by atoms with E-state index in [4.69, 9.17) is 0 Å². The average molecular weight is 198 g/mol. The lowest BCUT2D eigenvalue weighted by molar-refractivity contribution is 0.184. The summed E-state index contributed by atoms with van der Waals surface area (Å²) in [5, 5.41) is 9.38. The number of alkyl halides is 1. The summed E-state index contributed by atoms with van der Waals surface area (Å²) in [7, 11) is 0. The monoisotopic (exact) mass is 198 g/mol. The zero-order valence-corrected chi connectivity index (χ0v) is 9.02. The first kappa shape index (κ1) is 11.4. The van der Waals surface area contributed by atoms with Crippen LogP contribution in [-0.2, 0) is 0 Å². The smallest absolute Gasteiger partial charge is 0.105 e. The van der Waals surface area contributed by atoms with Gasteiger partial charge in [-0.15, -0.1) is 0 Å². The third-order valence-electron chi connectivity index (χ3n) is 3.12. The molecule has 0 amide bonds. The number of hydrogen-bond donors (Lipinski definition) is 1. The van der Waals surface area contributed by atoms with Gasteiger partial charge >= 0.3 is 0 Å². The molecular formula is C12H19FO. The van der Waals surface area contributed by atoms with E-state index in [0.717, 1.165) is 12.0 Å². The van der Waals surface area contributed by atoms with Gasteiger partial charge in [0.05, 0.1) is 6.61 Å². The highest BCUT2D eigenvalue weighted by molar-refractivity contribution is 5.27. The Labute approximate surface area is 85.3 Å². The first-order valence-electron chi connectivity index (χ1n) is 5.15. The second-order valence-electron chi connectivity index (χ2n) is 4.27. The van der Waals surface area contributed by atoms with Gasteiger partial charge in [0.1, 0.15) is 6.17 Å². The number of rotatable bonds is 3. The van der Waals surface area contributed by atoms with E-state index in [-0.39, 0.29) is 6.61 Å². The van der Waals surface area contributed by atoms with Gasteiger partial charge in [-0.25, -0.2) is 4.39 Å². The zero-order valence-electron chi connectivity index (χ0n) is 9.02. The summed E-state index contributed by atoms with van der Waals surface area (Å²) in [6, 6.07) is 0. The van der Waals surface area contributed by atoms with Crippen LogP contribution < -0.4 is 0 Å². The predicted molar refractivity (Wildman–Crippen MR) is 56.8 cm³/mol. The molecule has 1 nitrogen and oxygen atoms in total. The Hall–Kier alpha value is -0.630. The lowest BCUT2D eigenvalue weighted by Crippen LogP contribution is -2.21. The highest BCUT2D eigenvalue weighted by Crippen LogP contribution is 2.45. The van der Waals surface area contributed by atoms with E-state index in [0.29, 0.717) is 12.8 Å². The van der Waals surface area contributed by atoms with Crippen LogP contribution >= 0.6 is 0 Å². The Morgan fingerprint density at radius 1 is 1.79 bits per heavy atom. The van der Waals surface area contributed by atoms with Gasteiger partial charge in [-0.3, -0.25) is 0 Å². The lowest BCUT2D eigenvalue weighted by atomic mass is 9.82. The van der Waals surface area contributed by atoms with Crippen molar-refractivity contribution >= 4 is 0 Å². The van der Waals surface area contributed by atoms with Gasteiger partial charge in [-0.05, 0) is 19.8 Å². The van der Waals surface area contributed by atoms with E-state index in [1.54, 1.807) is 0 Å². The van der Waals surface area contributed by atoms with E-state index < -0.39 is 11.6 Å². The maximum absolute atomic E-state index is 13.2. The normalized spacial score (nSPS) is 33.9. The Bertz CT molecular complexity index is 257. The minimum absolute atomic E-state index is 0.0242. The molecule has 1 aliphatic carbocycles. The topological polar surface area (TPSA) is 20.2 Å². The van der Waals surface area contributed by atoms with Crippen LogP contribution in [0.3, 0.4) is 0 Å². The molecule has 1 N–H and O–H groups in total. The summed E-state index contributed by atoms with van der Waals surface area (Å²) in [4.78, 5) is 0. The molecule has 0 aromatic carbocycles. The highest BCUT2D eigenvalue weighted by atomic mass is 19.1. The van der Waals surface area contributed by atoms with Crippen LogP contribution in [0.1, 0.15) is 33.1 Å². The average Bonchev–Trinajstić information content (AvgIpc) is 2.42. The van der Waals surface area contributed by atoms with Crippen molar-refractivity contribution in [1.82, 2.24) is 0 Å². The first-order chi connectivity index (χ1) is 6.54. The molecule has 0 aromatic heterocycles. The van der Waals surface area contributed by atoms with Crippen LogP contribution in [0.15, 0.2) is 23.8 Å². The molecule has 14 heavy (non-hydrogen) atoms. The molecule has 0 saturated heterocycles. The van der Waals surface area contributed by atoms with E-state index >= 15 is 0 Å². The molecule has 0 heterocycles. The van der Waals surface area contributed by atoms with Crippen LogP contribution in [0.4, 0.5) is 4.39 Å². The van der Waals surface area contributed by atoms with Gasteiger partial charge in [0.2, 0.25) is 0 Å². The molecule has 1 aliphatic rings. The quantitative estimate of drug-likeness (QED) is 0.691. The van der Waals surface area contributed by atoms with Crippen LogP contribution in [0.25, 0.3) is 0 Å². The van der Waals surface area contributed by atoms with Crippen LogP contribution in [-0.4, -0.2) is 17.9 Å². The summed E-state index contributed by atoms with van der Waals surface area (Å²) in [5.41, 5.74) is 1.54. The molecule has 0 spiro atoms. The Morgan fingerprint density at radius 2 is 2.43 bits per heavy atom. The SMILES string of the molecule is C=C1CC(F)C[C@@]1(/C=C(/C)CC)CO. The molecule has 0 aliphatic heterocycles. The summed E-state index contributed by atoms with van der Waals surface area (Å²) in [5.74, 6) is 0. The number of aliphatic hydroxyl groups excluding tert-OH is 1. The van der Waals surface area contributed by atoms with Gasteiger partial charge in [-0.2, -0.15) is 0 Å². The fourth-order valence-corrected chi connectivity index (χ4v) is 2.04. The van der Waals surface area contributed by atoms with Crippen molar-refractivity contribution in [2.24, 2.45) is 5.41 Å². The van der Waals surface area contributed by atoms with Gasteiger partial charge in [-0.1, -0.05) is 30.7 Å². The second kappa shape index (κ2) is 4.26. The lowest BCUT2D eigenvalue weighted by Gasteiger charge is -2.24. The Balaban J connectivity index is 2.92. The minimum atomic E-state index is -0.837. The Kier molecular flexibility index (Phi) is 3.48. The highest BCUT2D eigenvalue weighted by Gasteiger charge is 2.40. The maximum atomic E-state index is 13.2. The molecule has 1 saturated carbocycles. The van der Waals surface area contributed by atoms with Crippen molar-refractivity contribution in [2.75, 3.05) is 6.61 Å². The third kappa shape index (κ3) is 2.06. The van der Waals surface area contributed by atoms with Crippen molar-refractivity contribution in [2.45, 2.75) is 39.3 Å². The summed E-state index contributed by atoms with van der Waals surface area (Å²) < 4.78 is 13.2. The van der Waals surface area contributed by atoms with Gasteiger partial charge in [0.25, 0.3) is 0 Å². The molecule has 80 valence electrons. The molecule has 2 heteroatoms. The van der Waals surface area contributed by atoms with E-state index in [9.17, 15) is 9.50 Å². The number of aliphatic hydroxyl groups is 1. The molecule has 0 radical (unpaired) electrons. The molecule has 0 aromatic rings. The number of halogens is 1. The fraction of sp³-hybridized carbons (Fsp3) is 0.667. The number of hydrogen-bond acceptors (Lipinski definition) is 1. The summed E-state index contributed by atoms with van der Waals surface area (Å²) in [6.07, 6.45) is 2.88. The summed E-state index contributed by atoms with van der Waals surface area (Å²) in [6.45, 7) is 7.91. The van der Waals surface area contributed by atoms with Crippen molar-refractivity contribution in [3.63, 3.8) is 0 Å². The third-order valence-corrected chi connectivity index (χ3v) is 3.12. The van der Waals surface area contributed by atoms with Crippen molar-refractivity contribution in [1.29, 1.82) is 0 Å². The molecule has 1 unspecified atom stereocenters. The van der Waals surface area contributed by atoms with Crippen LogP contribution in [0.2, 0.25) is 0 Å². The van der Waals surface area contributed by atoms with Gasteiger partial charge < -0.3 is 5.11 Å². The van der Waals surface area contributed by atoms with Gasteiger partial charge in [0, 0.05) is 11.8 Å². The second-order valence-corrected chi connectivity index (χ2v) is 4.27. The molecule has 0 bridgehead atoms. The van der Waals surface area contributed by atoms with Crippen LogP contribution in [0, 0.1) is 5.41 Å². The molecular weight excluding hydrogens is 179 g/mol. The predicted octanol–water partition coefficient (Wildman–Crippen LogP) is 3.01. The Morgan fingerprint density at radius 3 is 2.79 bits per heavy atom. The van der Waals surface area contributed by atoms with Gasteiger partial charge in [0.15, 0.2) is 0 Å². The van der Waals surface area contributed by atoms with E-state index in [2.05, 4.69) is 13.5 Å². The molecule has 1 fully saturated rings. The van der Waals surface area contributed by atoms with Crippen molar-refractivity contribution in [3.8, 4) is 0 Å². The minimum Gasteiger partial charge on any atom is -0.395 e. The van der Waals surface area contributed by atoms with E-state index in [1.807, 2.05) is 13.0 Å². The first-order valence-corrected chi connectivity index (χ1v) is 5.15. The van der Waals surface area contributed by atoms with Crippen molar-refractivity contribution < 1.29 is 9.50 Å². The van der Waals surface area contributed by atoms with Crippen molar-refractivity contribution in [3.05, 3.63) is 23.8 Å². The van der Waals surface area contributed by atoms with E-state index in [1.165, 1.54) is 5.57 Å². The molecule has 1 rings (SSSR count). The zero-order chi connectivity index (χ0) is 10.8. The molecule has 2 atom stereocenters. The maximum Gasteiger partial charge on any atom is 0.105 e. The largest absolute Gasteiger partial charge is 0.395 e. The number of allylic oxidation sites excluding steroid dienone is 1.